The van der Waals surface area contributed by atoms with Gasteiger partial charge in [0.15, 0.2) is 6.10 Å². The first kappa shape index (κ1) is 81.2. The Morgan fingerprint density at radius 2 is 0.398 bits per heavy atom. The maximum Gasteiger partial charge on any atom is 0.306 e. The fraction of sp³-hybridized carbons (Fsp3) is 0.935. The lowest BCUT2D eigenvalue weighted by Gasteiger charge is -2.18. The predicted octanol–water partition coefficient (Wildman–Crippen LogP) is 26.3. The van der Waals surface area contributed by atoms with Gasteiger partial charge in [0, 0.05) is 19.3 Å². The summed E-state index contributed by atoms with van der Waals surface area (Å²) in [4.78, 5) is 38.5. The summed E-state index contributed by atoms with van der Waals surface area (Å²) >= 11 is 0. The van der Waals surface area contributed by atoms with Crippen molar-refractivity contribution in [1.29, 1.82) is 0 Å². The summed E-state index contributed by atoms with van der Waals surface area (Å²) in [6.45, 7) is 6.74. The molecule has 6 nitrogen and oxygen atoms in total. The van der Waals surface area contributed by atoms with Crippen molar-refractivity contribution in [1.82, 2.24) is 0 Å². The van der Waals surface area contributed by atoms with Crippen molar-refractivity contribution in [2.75, 3.05) is 13.2 Å². The first-order valence-electron chi connectivity index (χ1n) is 38.2. The van der Waals surface area contributed by atoms with Gasteiger partial charge in [-0.05, 0) is 44.9 Å². The van der Waals surface area contributed by atoms with Crippen LogP contribution in [-0.2, 0) is 28.6 Å². The zero-order valence-corrected chi connectivity index (χ0v) is 56.8. The third-order valence-electron chi connectivity index (χ3n) is 17.8. The van der Waals surface area contributed by atoms with E-state index in [9.17, 15) is 14.4 Å². The Labute approximate surface area is 520 Å². The van der Waals surface area contributed by atoms with Gasteiger partial charge < -0.3 is 14.2 Å². The van der Waals surface area contributed by atoms with Crippen LogP contribution in [0.3, 0.4) is 0 Å². The van der Waals surface area contributed by atoms with Gasteiger partial charge in [0.25, 0.3) is 0 Å². The van der Waals surface area contributed by atoms with E-state index in [1.165, 1.54) is 347 Å². The zero-order valence-electron chi connectivity index (χ0n) is 56.8. The lowest BCUT2D eigenvalue weighted by atomic mass is 10.0. The van der Waals surface area contributed by atoms with Gasteiger partial charge in [-0.15, -0.1) is 0 Å². The molecule has 0 amide bonds. The average molecular weight is 1170 g/mol. The van der Waals surface area contributed by atoms with Crippen molar-refractivity contribution in [3.63, 3.8) is 0 Å². The van der Waals surface area contributed by atoms with Crippen molar-refractivity contribution in [3.05, 3.63) is 12.2 Å². The first-order chi connectivity index (χ1) is 41.0. The van der Waals surface area contributed by atoms with Crippen molar-refractivity contribution in [2.45, 2.75) is 451 Å². The molecule has 0 aliphatic heterocycles. The van der Waals surface area contributed by atoms with Gasteiger partial charge in [0.2, 0.25) is 0 Å². The quantitative estimate of drug-likeness (QED) is 0.0261. The molecule has 1 atom stereocenters. The normalized spacial score (nSPS) is 12.0. The molecule has 6 heteroatoms. The molecule has 0 heterocycles. The summed E-state index contributed by atoms with van der Waals surface area (Å²) in [5.41, 5.74) is 0. The SMILES string of the molecule is CCCCCCCCCC/C=C\CCCCCCCCCCCCCC(=O)OC(COC(=O)CCCCCCCCCCCCCCCCC)COC(=O)CCCCCCCCCCCCCCCCCCCCCCCCCCCCC. The summed E-state index contributed by atoms with van der Waals surface area (Å²) in [7, 11) is 0. The highest BCUT2D eigenvalue weighted by Gasteiger charge is 2.20. The van der Waals surface area contributed by atoms with Crippen LogP contribution in [-0.4, -0.2) is 37.2 Å². The van der Waals surface area contributed by atoms with E-state index < -0.39 is 6.10 Å². The third-order valence-corrected chi connectivity index (χ3v) is 17.8. The molecule has 0 bridgehead atoms. The number of rotatable bonds is 72. The number of allylic oxidation sites excluding steroid dienone is 2. The summed E-state index contributed by atoms with van der Waals surface area (Å²) in [5, 5.41) is 0. The van der Waals surface area contributed by atoms with Crippen molar-refractivity contribution in [3.8, 4) is 0 Å². The van der Waals surface area contributed by atoms with Crippen LogP contribution in [0.15, 0.2) is 12.2 Å². The molecule has 83 heavy (non-hydrogen) atoms. The molecule has 492 valence electrons. The van der Waals surface area contributed by atoms with Crippen LogP contribution in [0.4, 0.5) is 0 Å². The van der Waals surface area contributed by atoms with Gasteiger partial charge in [-0.1, -0.05) is 392 Å². The minimum atomic E-state index is -0.767. The zero-order chi connectivity index (χ0) is 59.9. The molecule has 0 saturated carbocycles. The number of ether oxygens (including phenoxy) is 3. The average Bonchev–Trinajstić information content (AvgIpc) is 3.49. The summed E-state index contributed by atoms with van der Waals surface area (Å²) in [6.07, 6.45) is 88.3. The number of unbranched alkanes of at least 4 members (excludes halogenated alkanes) is 59. The highest BCUT2D eigenvalue weighted by molar-refractivity contribution is 5.71. The molecule has 0 spiro atoms. The van der Waals surface area contributed by atoms with E-state index in [0.29, 0.717) is 19.3 Å². The Kier molecular flexibility index (Phi) is 71.0. The van der Waals surface area contributed by atoms with E-state index in [0.717, 1.165) is 57.8 Å². The van der Waals surface area contributed by atoms with Crippen LogP contribution >= 0.6 is 0 Å². The number of hydrogen-bond acceptors (Lipinski definition) is 6. The van der Waals surface area contributed by atoms with Gasteiger partial charge in [0.1, 0.15) is 13.2 Å². The molecule has 0 aromatic rings. The molecule has 1 unspecified atom stereocenters. The molecule has 0 saturated heterocycles. The second-order valence-electron chi connectivity index (χ2n) is 26.3. The van der Waals surface area contributed by atoms with Crippen LogP contribution in [0, 0.1) is 0 Å². The number of carbonyl (C=O) groups is 3. The maximum absolute atomic E-state index is 13.0. The highest BCUT2D eigenvalue weighted by atomic mass is 16.6. The molecule has 0 fully saturated rings. The van der Waals surface area contributed by atoms with Crippen molar-refractivity contribution in [2.24, 2.45) is 0 Å². The lowest BCUT2D eigenvalue weighted by molar-refractivity contribution is -0.167. The van der Waals surface area contributed by atoms with Crippen LogP contribution < -0.4 is 0 Å². The van der Waals surface area contributed by atoms with E-state index in [1.54, 1.807) is 0 Å². The first-order valence-corrected chi connectivity index (χ1v) is 38.2. The molecule has 0 aliphatic rings. The minimum Gasteiger partial charge on any atom is -0.462 e. The Hall–Kier alpha value is -1.85. The Bertz CT molecular complexity index is 1300. The Balaban J connectivity index is 4.21. The van der Waals surface area contributed by atoms with Crippen molar-refractivity contribution < 1.29 is 28.6 Å². The molecular formula is C77H148O6. The largest absolute Gasteiger partial charge is 0.462 e. The maximum atomic E-state index is 13.0. The summed E-state index contributed by atoms with van der Waals surface area (Å²) in [5.74, 6) is -0.823. The van der Waals surface area contributed by atoms with Crippen LogP contribution in [0.1, 0.15) is 445 Å². The van der Waals surface area contributed by atoms with Crippen LogP contribution in [0.5, 0.6) is 0 Å². The topological polar surface area (TPSA) is 78.9 Å². The van der Waals surface area contributed by atoms with Gasteiger partial charge in [-0.2, -0.15) is 0 Å². The fourth-order valence-corrected chi connectivity index (χ4v) is 12.0. The van der Waals surface area contributed by atoms with E-state index >= 15 is 0 Å². The standard InChI is InChI=1S/C77H148O6/c1-4-7-10-13-16-19-22-25-28-30-32-34-36-37-38-39-41-42-44-46-49-52-55-58-61-64-67-70-76(79)82-73-74(72-81-75(78)69-66-63-60-57-54-51-48-27-24-21-18-15-12-9-6-3)83-77(80)71-68-65-62-59-56-53-50-47-45-43-40-35-33-31-29-26-23-20-17-14-11-8-5-2/h31,33,74H,4-30,32,34-73H2,1-3H3/b33-31-. The molecule has 0 aromatic heterocycles. The second kappa shape index (κ2) is 72.6. The highest BCUT2D eigenvalue weighted by Crippen LogP contribution is 2.20. The monoisotopic (exact) mass is 1170 g/mol. The molecule has 0 aromatic carbocycles. The smallest absolute Gasteiger partial charge is 0.306 e. The molecule has 0 aliphatic carbocycles. The van der Waals surface area contributed by atoms with Gasteiger partial charge in [-0.3, -0.25) is 14.4 Å². The third kappa shape index (κ3) is 70.8. The van der Waals surface area contributed by atoms with Crippen molar-refractivity contribution >= 4 is 17.9 Å². The molecule has 0 radical (unpaired) electrons. The summed E-state index contributed by atoms with van der Waals surface area (Å²) in [6, 6.07) is 0. The predicted molar refractivity (Wildman–Crippen MR) is 363 cm³/mol. The molecule has 0 N–H and O–H groups in total. The number of carbonyl (C=O) groups excluding carboxylic acids is 3. The molecule has 0 rings (SSSR count). The molecular weight excluding hydrogens is 1020 g/mol. The van der Waals surface area contributed by atoms with E-state index in [1.807, 2.05) is 0 Å². The second-order valence-corrected chi connectivity index (χ2v) is 26.3. The van der Waals surface area contributed by atoms with E-state index in [-0.39, 0.29) is 31.1 Å². The number of esters is 3. The van der Waals surface area contributed by atoms with E-state index in [4.69, 9.17) is 14.2 Å². The fourth-order valence-electron chi connectivity index (χ4n) is 12.0. The van der Waals surface area contributed by atoms with E-state index in [2.05, 4.69) is 32.9 Å². The van der Waals surface area contributed by atoms with Gasteiger partial charge in [-0.25, -0.2) is 0 Å². The van der Waals surface area contributed by atoms with Crippen LogP contribution in [0.25, 0.3) is 0 Å². The summed E-state index contributed by atoms with van der Waals surface area (Å²) < 4.78 is 17.1. The lowest BCUT2D eigenvalue weighted by Crippen LogP contribution is -2.30. The Morgan fingerprint density at radius 3 is 0.602 bits per heavy atom. The Morgan fingerprint density at radius 1 is 0.229 bits per heavy atom. The van der Waals surface area contributed by atoms with Crippen LogP contribution in [0.2, 0.25) is 0 Å². The number of hydrogen-bond donors (Lipinski definition) is 0. The van der Waals surface area contributed by atoms with Gasteiger partial charge in [0.05, 0.1) is 0 Å². The minimum absolute atomic E-state index is 0.0627. The van der Waals surface area contributed by atoms with Gasteiger partial charge >= 0.3 is 17.9 Å².